The van der Waals surface area contributed by atoms with Gasteiger partial charge >= 0.3 is 0 Å². The smallest absolute Gasteiger partial charge is 0.241 e. The van der Waals surface area contributed by atoms with Crippen molar-refractivity contribution in [2.24, 2.45) is 0 Å². The number of nitrogens with zero attached hydrogens (tertiary/aromatic N) is 1. The number of hydrogen-bond donors (Lipinski definition) is 1. The fourth-order valence-corrected chi connectivity index (χ4v) is 3.26. The van der Waals surface area contributed by atoms with Crippen molar-refractivity contribution in [3.63, 3.8) is 0 Å². The molecular formula is C11H10BrFN2O2S2. The molecule has 2 rings (SSSR count). The minimum atomic E-state index is -3.73. The van der Waals surface area contributed by atoms with Gasteiger partial charge in [0.15, 0.2) is 0 Å². The van der Waals surface area contributed by atoms with E-state index in [1.165, 1.54) is 23.5 Å². The lowest BCUT2D eigenvalue weighted by Crippen LogP contribution is -2.23. The Labute approximate surface area is 122 Å². The van der Waals surface area contributed by atoms with Crippen LogP contribution in [0.2, 0.25) is 0 Å². The van der Waals surface area contributed by atoms with Gasteiger partial charge in [-0.25, -0.2) is 22.5 Å². The molecule has 0 fully saturated rings. The maximum atomic E-state index is 13.3. The second-order valence-corrected chi connectivity index (χ2v) is 7.44. The zero-order valence-electron chi connectivity index (χ0n) is 9.85. The first-order valence-corrected chi connectivity index (χ1v) is 8.40. The normalized spacial score (nSPS) is 11.7. The fourth-order valence-electron chi connectivity index (χ4n) is 1.39. The molecule has 0 unspecified atom stereocenters. The molecule has 0 amide bonds. The second kappa shape index (κ2) is 5.66. The highest BCUT2D eigenvalue weighted by Crippen LogP contribution is 2.19. The number of rotatable bonds is 4. The Morgan fingerprint density at radius 2 is 2.21 bits per heavy atom. The highest BCUT2D eigenvalue weighted by atomic mass is 79.9. The van der Waals surface area contributed by atoms with Gasteiger partial charge in [0.25, 0.3) is 0 Å². The number of halogens is 2. The SMILES string of the molecule is Cc1nc(CNS(=O)(=O)c2ccc(Br)c(F)c2)cs1. The van der Waals surface area contributed by atoms with Gasteiger partial charge in [-0.3, -0.25) is 0 Å². The molecular weight excluding hydrogens is 355 g/mol. The average Bonchev–Trinajstić information content (AvgIpc) is 2.76. The first-order chi connectivity index (χ1) is 8.88. The van der Waals surface area contributed by atoms with Crippen LogP contribution in [0.4, 0.5) is 4.39 Å². The number of aromatic nitrogens is 1. The summed E-state index contributed by atoms with van der Waals surface area (Å²) >= 11 is 4.42. The van der Waals surface area contributed by atoms with E-state index in [1.807, 2.05) is 6.92 Å². The molecule has 0 saturated carbocycles. The van der Waals surface area contributed by atoms with Crippen molar-refractivity contribution in [1.29, 1.82) is 0 Å². The largest absolute Gasteiger partial charge is 0.245 e. The van der Waals surface area contributed by atoms with E-state index in [-0.39, 0.29) is 15.9 Å². The van der Waals surface area contributed by atoms with E-state index in [1.54, 1.807) is 5.38 Å². The number of sulfonamides is 1. The molecule has 0 aliphatic rings. The summed E-state index contributed by atoms with van der Waals surface area (Å²) in [5, 5.41) is 2.64. The standard InChI is InChI=1S/C11H10BrFN2O2S2/c1-7-15-8(6-18-7)5-14-19(16,17)9-2-3-10(12)11(13)4-9/h2-4,6,14H,5H2,1H3. The van der Waals surface area contributed by atoms with Crippen LogP contribution in [0.25, 0.3) is 0 Å². The highest BCUT2D eigenvalue weighted by Gasteiger charge is 2.16. The maximum Gasteiger partial charge on any atom is 0.241 e. The molecule has 19 heavy (non-hydrogen) atoms. The van der Waals surface area contributed by atoms with Crippen LogP contribution in [-0.4, -0.2) is 13.4 Å². The zero-order chi connectivity index (χ0) is 14.0. The van der Waals surface area contributed by atoms with E-state index in [2.05, 4.69) is 25.6 Å². The van der Waals surface area contributed by atoms with Gasteiger partial charge < -0.3 is 0 Å². The van der Waals surface area contributed by atoms with Gasteiger partial charge in [0.1, 0.15) is 5.82 Å². The molecule has 0 saturated heterocycles. The van der Waals surface area contributed by atoms with Crippen LogP contribution in [0.3, 0.4) is 0 Å². The molecule has 4 nitrogen and oxygen atoms in total. The van der Waals surface area contributed by atoms with Crippen molar-refractivity contribution in [1.82, 2.24) is 9.71 Å². The summed E-state index contributed by atoms with van der Waals surface area (Å²) in [4.78, 5) is 4.04. The lowest BCUT2D eigenvalue weighted by Gasteiger charge is -2.06. The van der Waals surface area contributed by atoms with E-state index in [0.29, 0.717) is 5.69 Å². The minimum absolute atomic E-state index is 0.0877. The van der Waals surface area contributed by atoms with E-state index in [9.17, 15) is 12.8 Å². The molecule has 0 spiro atoms. The molecule has 102 valence electrons. The van der Waals surface area contributed by atoms with Crippen LogP contribution in [0.15, 0.2) is 32.9 Å². The third-order valence-electron chi connectivity index (χ3n) is 2.31. The highest BCUT2D eigenvalue weighted by molar-refractivity contribution is 9.10. The number of aryl methyl sites for hydroxylation is 1. The number of hydrogen-bond acceptors (Lipinski definition) is 4. The van der Waals surface area contributed by atoms with Crippen molar-refractivity contribution in [2.45, 2.75) is 18.4 Å². The molecule has 8 heteroatoms. The first kappa shape index (κ1) is 14.6. The maximum absolute atomic E-state index is 13.3. The van der Waals surface area contributed by atoms with Gasteiger partial charge in [-0.1, -0.05) is 0 Å². The Morgan fingerprint density at radius 3 is 2.79 bits per heavy atom. The van der Waals surface area contributed by atoms with Crippen LogP contribution >= 0.6 is 27.3 Å². The minimum Gasteiger partial charge on any atom is -0.245 e. The van der Waals surface area contributed by atoms with Crippen molar-refractivity contribution >= 4 is 37.3 Å². The van der Waals surface area contributed by atoms with Crippen molar-refractivity contribution in [3.05, 3.63) is 44.6 Å². The molecule has 1 aromatic carbocycles. The van der Waals surface area contributed by atoms with Crippen LogP contribution < -0.4 is 4.72 Å². The first-order valence-electron chi connectivity index (χ1n) is 5.24. The molecule has 1 N–H and O–H groups in total. The lowest BCUT2D eigenvalue weighted by molar-refractivity contribution is 0.576. The topological polar surface area (TPSA) is 59.1 Å². The van der Waals surface area contributed by atoms with Crippen molar-refractivity contribution in [3.8, 4) is 0 Å². The van der Waals surface area contributed by atoms with E-state index in [4.69, 9.17) is 0 Å². The zero-order valence-corrected chi connectivity index (χ0v) is 13.1. The van der Waals surface area contributed by atoms with Crippen LogP contribution in [0.5, 0.6) is 0 Å². The van der Waals surface area contributed by atoms with Crippen LogP contribution in [0.1, 0.15) is 10.7 Å². The second-order valence-electron chi connectivity index (χ2n) is 3.76. The van der Waals surface area contributed by atoms with Gasteiger partial charge in [-0.15, -0.1) is 11.3 Å². The van der Waals surface area contributed by atoms with Gasteiger partial charge in [0, 0.05) is 5.38 Å². The summed E-state index contributed by atoms with van der Waals surface area (Å²) in [7, 11) is -3.73. The third kappa shape index (κ3) is 3.59. The Bertz CT molecular complexity index is 700. The quantitative estimate of drug-likeness (QED) is 0.907. The van der Waals surface area contributed by atoms with E-state index in [0.717, 1.165) is 11.1 Å². The summed E-state index contributed by atoms with van der Waals surface area (Å²) in [6.07, 6.45) is 0. The van der Waals surface area contributed by atoms with Crippen LogP contribution in [-0.2, 0) is 16.6 Å². The third-order valence-corrected chi connectivity index (χ3v) is 5.18. The van der Waals surface area contributed by atoms with Crippen molar-refractivity contribution in [2.75, 3.05) is 0 Å². The molecule has 1 heterocycles. The average molecular weight is 365 g/mol. The Kier molecular flexibility index (Phi) is 4.34. The monoisotopic (exact) mass is 364 g/mol. The van der Waals surface area contributed by atoms with Crippen LogP contribution in [0, 0.1) is 12.7 Å². The molecule has 0 aliphatic carbocycles. The van der Waals surface area contributed by atoms with Gasteiger partial charge in [-0.05, 0) is 41.1 Å². The predicted octanol–water partition coefficient (Wildman–Crippen LogP) is 2.83. The predicted molar refractivity (Wildman–Crippen MR) is 75.0 cm³/mol. The summed E-state index contributed by atoms with van der Waals surface area (Å²) < 4.78 is 39.9. The molecule has 0 aliphatic heterocycles. The molecule has 2 aromatic rings. The Morgan fingerprint density at radius 1 is 1.47 bits per heavy atom. The summed E-state index contributed by atoms with van der Waals surface area (Å²) in [6.45, 7) is 1.93. The molecule has 1 aromatic heterocycles. The Balaban J connectivity index is 2.16. The molecule has 0 bridgehead atoms. The Hall–Kier alpha value is -0.830. The summed E-state index contributed by atoms with van der Waals surface area (Å²) in [5.74, 6) is -0.618. The van der Waals surface area contributed by atoms with E-state index >= 15 is 0 Å². The molecule has 0 atom stereocenters. The van der Waals surface area contributed by atoms with Gasteiger partial charge in [-0.2, -0.15) is 0 Å². The van der Waals surface area contributed by atoms with Crippen molar-refractivity contribution < 1.29 is 12.8 Å². The molecule has 0 radical (unpaired) electrons. The van der Waals surface area contributed by atoms with Gasteiger partial charge in [0.2, 0.25) is 10.0 Å². The van der Waals surface area contributed by atoms with Gasteiger partial charge in [0.05, 0.1) is 26.6 Å². The number of nitrogens with one attached hydrogen (secondary N) is 1. The number of benzene rings is 1. The number of thiazole rings is 1. The van der Waals surface area contributed by atoms with E-state index < -0.39 is 15.8 Å². The lowest BCUT2D eigenvalue weighted by atomic mass is 10.3. The summed E-state index contributed by atoms with van der Waals surface area (Å²) in [5.41, 5.74) is 0.642. The summed E-state index contributed by atoms with van der Waals surface area (Å²) in [6, 6.07) is 3.66. The fraction of sp³-hybridized carbons (Fsp3) is 0.182.